The van der Waals surface area contributed by atoms with Crippen molar-refractivity contribution in [2.45, 2.75) is 37.6 Å². The molecule has 0 bridgehead atoms. The Hall–Kier alpha value is -2.61. The van der Waals surface area contributed by atoms with Gasteiger partial charge in [-0.25, -0.2) is 0 Å². The van der Waals surface area contributed by atoms with E-state index in [9.17, 15) is 15.3 Å². The Balaban J connectivity index is 1.74. The molecular formula is C24H21ClN2O4. The van der Waals surface area contributed by atoms with Crippen molar-refractivity contribution in [2.24, 2.45) is 0 Å². The van der Waals surface area contributed by atoms with Crippen molar-refractivity contribution < 1.29 is 20.1 Å². The van der Waals surface area contributed by atoms with E-state index < -0.39 is 30.6 Å². The number of nitrogens with zero attached hydrogens (tertiary/aromatic N) is 1. The quantitative estimate of drug-likeness (QED) is 0.318. The van der Waals surface area contributed by atoms with Crippen LogP contribution in [0.4, 0.5) is 0 Å². The highest BCUT2D eigenvalue weighted by atomic mass is 35.5. The van der Waals surface area contributed by atoms with Crippen LogP contribution >= 0.6 is 11.6 Å². The molecule has 6 rings (SSSR count). The van der Waals surface area contributed by atoms with Crippen LogP contribution in [0.25, 0.3) is 43.6 Å². The predicted molar refractivity (Wildman–Crippen MR) is 121 cm³/mol. The highest BCUT2D eigenvalue weighted by molar-refractivity contribution is 6.32. The van der Waals surface area contributed by atoms with Gasteiger partial charge in [-0.15, -0.1) is 0 Å². The van der Waals surface area contributed by atoms with Crippen molar-refractivity contribution >= 4 is 55.2 Å². The van der Waals surface area contributed by atoms with Crippen LogP contribution in [0.1, 0.15) is 13.2 Å². The fourth-order valence-corrected chi connectivity index (χ4v) is 5.10. The summed E-state index contributed by atoms with van der Waals surface area (Å²) in [4.78, 5) is 3.51. The molecule has 0 unspecified atom stereocenters. The highest BCUT2D eigenvalue weighted by Crippen LogP contribution is 2.41. The second kappa shape index (κ2) is 6.69. The highest BCUT2D eigenvalue weighted by Gasteiger charge is 2.43. The number of para-hydroxylation sites is 1. The van der Waals surface area contributed by atoms with Crippen LogP contribution in [0.3, 0.4) is 0 Å². The molecule has 7 heteroatoms. The van der Waals surface area contributed by atoms with E-state index >= 15 is 0 Å². The lowest BCUT2D eigenvalue weighted by atomic mass is 9.99. The maximum absolute atomic E-state index is 10.9. The van der Waals surface area contributed by atoms with Crippen LogP contribution in [0, 0.1) is 0 Å². The number of ether oxygens (including phenoxy) is 1. The molecule has 1 saturated heterocycles. The first-order valence-corrected chi connectivity index (χ1v) is 10.7. The second-order valence-electron chi connectivity index (χ2n) is 8.29. The molecule has 1 fully saturated rings. The van der Waals surface area contributed by atoms with Crippen LogP contribution in [-0.4, -0.2) is 49.3 Å². The first-order valence-electron chi connectivity index (χ1n) is 10.3. The van der Waals surface area contributed by atoms with Crippen LogP contribution < -0.4 is 0 Å². The SMILES string of the molecule is C[C@@H]1O[C@@H](n2c3ccccc3c3ccc4c5cc(Cl)ccc5[nH]c4c32)[C@H](O)[C@H](O)[C@H]1O. The number of hydrogen-bond acceptors (Lipinski definition) is 4. The zero-order valence-electron chi connectivity index (χ0n) is 16.7. The summed E-state index contributed by atoms with van der Waals surface area (Å²) in [5.41, 5.74) is 3.60. The fraction of sp³-hybridized carbons (Fsp3) is 0.250. The molecule has 0 spiro atoms. The molecule has 1 aliphatic rings. The van der Waals surface area contributed by atoms with Gasteiger partial charge < -0.3 is 29.6 Å². The van der Waals surface area contributed by atoms with Crippen molar-refractivity contribution in [3.05, 3.63) is 59.6 Å². The summed E-state index contributed by atoms with van der Waals surface area (Å²) in [5.74, 6) is 0. The van der Waals surface area contributed by atoms with Gasteiger partial charge in [0.1, 0.15) is 18.3 Å². The number of halogens is 1. The minimum atomic E-state index is -1.31. The summed E-state index contributed by atoms with van der Waals surface area (Å²) >= 11 is 6.25. The third-order valence-corrected chi connectivity index (χ3v) is 6.72. The van der Waals surface area contributed by atoms with Gasteiger partial charge in [0.25, 0.3) is 0 Å². The molecule has 3 aromatic carbocycles. The third kappa shape index (κ3) is 2.60. The Bertz CT molecular complexity index is 1470. The van der Waals surface area contributed by atoms with Gasteiger partial charge in [0.15, 0.2) is 6.23 Å². The Morgan fingerprint density at radius 3 is 2.48 bits per heavy atom. The van der Waals surface area contributed by atoms with Crippen LogP contribution in [-0.2, 0) is 4.74 Å². The summed E-state index contributed by atoms with van der Waals surface area (Å²) < 4.78 is 7.98. The van der Waals surface area contributed by atoms with Gasteiger partial charge in [-0.05, 0) is 31.2 Å². The summed E-state index contributed by atoms with van der Waals surface area (Å²) in [6.45, 7) is 1.70. The Morgan fingerprint density at radius 1 is 0.871 bits per heavy atom. The second-order valence-corrected chi connectivity index (χ2v) is 8.73. The van der Waals surface area contributed by atoms with Gasteiger partial charge in [-0.1, -0.05) is 41.9 Å². The van der Waals surface area contributed by atoms with Gasteiger partial charge in [0.2, 0.25) is 0 Å². The van der Waals surface area contributed by atoms with Crippen molar-refractivity contribution in [2.75, 3.05) is 0 Å². The molecule has 6 nitrogen and oxygen atoms in total. The number of aromatic nitrogens is 2. The normalized spacial score (nSPS) is 27.1. The van der Waals surface area contributed by atoms with Gasteiger partial charge in [0, 0.05) is 32.1 Å². The van der Waals surface area contributed by atoms with Crippen molar-refractivity contribution in [3.63, 3.8) is 0 Å². The Kier molecular flexibility index (Phi) is 4.12. The van der Waals surface area contributed by atoms with Crippen molar-refractivity contribution in [1.82, 2.24) is 9.55 Å². The maximum Gasteiger partial charge on any atom is 0.163 e. The van der Waals surface area contributed by atoms with E-state index in [4.69, 9.17) is 16.3 Å². The molecule has 1 aliphatic heterocycles. The number of aliphatic hydroxyl groups excluding tert-OH is 3. The molecule has 4 N–H and O–H groups in total. The van der Waals surface area contributed by atoms with Gasteiger partial charge >= 0.3 is 0 Å². The zero-order chi connectivity index (χ0) is 21.4. The largest absolute Gasteiger partial charge is 0.388 e. The third-order valence-electron chi connectivity index (χ3n) is 6.49. The maximum atomic E-state index is 10.9. The summed E-state index contributed by atoms with van der Waals surface area (Å²) in [6.07, 6.45) is -5.27. The van der Waals surface area contributed by atoms with E-state index in [0.717, 1.165) is 43.6 Å². The van der Waals surface area contributed by atoms with E-state index in [2.05, 4.69) is 17.1 Å². The van der Waals surface area contributed by atoms with Crippen molar-refractivity contribution in [1.29, 1.82) is 0 Å². The molecule has 2 aromatic heterocycles. The molecule has 5 aromatic rings. The number of aromatic amines is 1. The number of hydrogen-bond donors (Lipinski definition) is 4. The zero-order valence-corrected chi connectivity index (χ0v) is 17.4. The summed E-state index contributed by atoms with van der Waals surface area (Å²) in [5, 5.41) is 36.2. The number of nitrogens with one attached hydrogen (secondary N) is 1. The van der Waals surface area contributed by atoms with Crippen LogP contribution in [0.15, 0.2) is 54.6 Å². The lowest BCUT2D eigenvalue weighted by molar-refractivity contribution is -0.238. The van der Waals surface area contributed by atoms with Crippen molar-refractivity contribution in [3.8, 4) is 0 Å². The van der Waals surface area contributed by atoms with E-state index in [1.165, 1.54) is 0 Å². The smallest absolute Gasteiger partial charge is 0.163 e. The minimum Gasteiger partial charge on any atom is -0.388 e. The molecule has 158 valence electrons. The number of fused-ring (bicyclic) bond motifs is 7. The van der Waals surface area contributed by atoms with E-state index in [1.54, 1.807) is 6.92 Å². The van der Waals surface area contributed by atoms with E-state index in [1.807, 2.05) is 47.0 Å². The summed E-state index contributed by atoms with van der Waals surface area (Å²) in [7, 11) is 0. The molecular weight excluding hydrogens is 416 g/mol. The average molecular weight is 437 g/mol. The first kappa shape index (κ1) is 19.1. The first-order chi connectivity index (χ1) is 15.0. The van der Waals surface area contributed by atoms with Crippen LogP contribution in [0.2, 0.25) is 5.02 Å². The molecule has 0 radical (unpaired) electrons. The van der Waals surface area contributed by atoms with Gasteiger partial charge in [-0.3, -0.25) is 0 Å². The fourth-order valence-electron chi connectivity index (χ4n) is 4.93. The van der Waals surface area contributed by atoms with E-state index in [0.29, 0.717) is 5.02 Å². The lowest BCUT2D eigenvalue weighted by Gasteiger charge is -2.40. The minimum absolute atomic E-state index is 0.639. The van der Waals surface area contributed by atoms with Gasteiger partial charge in [-0.2, -0.15) is 0 Å². The standard InChI is InChI=1S/C24H21ClN2O4/c1-11-21(28)22(29)23(30)24(31-11)27-18-5-3-2-4-13(18)15-8-7-14-16-10-12(25)6-9-17(16)26-19(14)20(15)27/h2-11,21-24,26,28-30H,1H3/t11-,21-,22+,23+,24+/m0/s1. The molecule has 3 heterocycles. The van der Waals surface area contributed by atoms with Gasteiger partial charge in [0.05, 0.1) is 22.7 Å². The van der Waals surface area contributed by atoms with Crippen LogP contribution in [0.5, 0.6) is 0 Å². The molecule has 5 atom stereocenters. The predicted octanol–water partition coefficient (Wildman–Crippen LogP) is 4.08. The number of rotatable bonds is 1. The molecule has 31 heavy (non-hydrogen) atoms. The number of aliphatic hydroxyl groups is 3. The van der Waals surface area contributed by atoms with E-state index in [-0.39, 0.29) is 0 Å². The molecule has 0 amide bonds. The lowest BCUT2D eigenvalue weighted by Crippen LogP contribution is -2.54. The Morgan fingerprint density at radius 2 is 1.65 bits per heavy atom. The number of benzene rings is 3. The number of H-pyrrole nitrogens is 1. The topological polar surface area (TPSA) is 90.6 Å². The Labute approximate surface area is 182 Å². The monoisotopic (exact) mass is 436 g/mol. The molecule has 0 aliphatic carbocycles. The summed E-state index contributed by atoms with van der Waals surface area (Å²) in [6, 6.07) is 17.8. The average Bonchev–Trinajstić information content (AvgIpc) is 3.30. The molecule has 0 saturated carbocycles.